The third-order valence-corrected chi connectivity index (χ3v) is 11.8. The van der Waals surface area contributed by atoms with E-state index in [1.54, 1.807) is 24.3 Å². The van der Waals surface area contributed by atoms with E-state index in [2.05, 4.69) is 140 Å². The fourth-order valence-electron chi connectivity index (χ4n) is 8.89. The first-order chi connectivity index (χ1) is 31.6. The summed E-state index contributed by atoms with van der Waals surface area (Å²) in [6.07, 6.45) is 0. The number of hydrogen-bond donors (Lipinski definition) is 0. The minimum Gasteiger partial charge on any atom is -0.311 e. The molecular weight excluding hydrogens is 791 g/mol. The maximum Gasteiger partial charge on any atom is 0.123 e. The van der Waals surface area contributed by atoms with Crippen molar-refractivity contribution in [2.24, 2.45) is 0 Å². The zero-order valence-corrected chi connectivity index (χ0v) is 34.6. The van der Waals surface area contributed by atoms with Crippen molar-refractivity contribution in [2.45, 2.75) is 0 Å². The van der Waals surface area contributed by atoms with E-state index < -0.39 is 0 Å². The van der Waals surface area contributed by atoms with Crippen LogP contribution in [0.5, 0.6) is 0 Å². The second kappa shape index (κ2) is 16.4. The second-order valence-corrected chi connectivity index (χ2v) is 15.8. The van der Waals surface area contributed by atoms with Crippen LogP contribution in [0.1, 0.15) is 0 Å². The highest BCUT2D eigenvalue weighted by molar-refractivity contribution is 6.02. The van der Waals surface area contributed by atoms with Crippen molar-refractivity contribution in [1.29, 1.82) is 0 Å². The van der Waals surface area contributed by atoms with Gasteiger partial charge in [-0.2, -0.15) is 0 Å². The summed E-state index contributed by atoms with van der Waals surface area (Å²) in [5, 5.41) is 1.96. The molecule has 2 aromatic heterocycles. The Morgan fingerprint density at radius 3 is 0.906 bits per heavy atom. The summed E-state index contributed by atoms with van der Waals surface area (Å²) in [5.41, 5.74) is 13.2. The number of aromatic nitrogens is 2. The van der Waals surface area contributed by atoms with Crippen LogP contribution in [0, 0.1) is 11.6 Å². The molecule has 9 aromatic carbocycles. The van der Waals surface area contributed by atoms with Gasteiger partial charge in [-0.15, -0.1) is 0 Å². The van der Waals surface area contributed by atoms with Gasteiger partial charge in [-0.05, 0) is 146 Å². The lowest BCUT2D eigenvalue weighted by molar-refractivity contribution is 0.628. The Morgan fingerprint density at radius 1 is 0.281 bits per heavy atom. The molecule has 0 N–H and O–H groups in total. The summed E-state index contributed by atoms with van der Waals surface area (Å²) in [4.78, 5) is 4.47. The largest absolute Gasteiger partial charge is 0.311 e. The molecule has 306 valence electrons. The van der Waals surface area contributed by atoms with Crippen molar-refractivity contribution in [2.75, 3.05) is 9.80 Å². The fourth-order valence-corrected chi connectivity index (χ4v) is 8.89. The predicted octanol–water partition coefficient (Wildman–Crippen LogP) is 16.1. The van der Waals surface area contributed by atoms with Gasteiger partial charge < -0.3 is 18.9 Å². The van der Waals surface area contributed by atoms with Crippen molar-refractivity contribution in [3.8, 4) is 33.9 Å². The van der Waals surface area contributed by atoms with E-state index in [0.717, 1.165) is 89.8 Å². The van der Waals surface area contributed by atoms with Gasteiger partial charge in [0.15, 0.2) is 0 Å². The molecule has 0 spiro atoms. The quantitative estimate of drug-likeness (QED) is 0.137. The van der Waals surface area contributed by atoms with Gasteiger partial charge in [0.2, 0.25) is 0 Å². The van der Waals surface area contributed by atoms with Crippen molar-refractivity contribution in [3.05, 3.63) is 254 Å². The van der Waals surface area contributed by atoms with Crippen LogP contribution in [0.2, 0.25) is 0 Å². The highest BCUT2D eigenvalue weighted by Gasteiger charge is 2.21. The van der Waals surface area contributed by atoms with Crippen molar-refractivity contribution >= 4 is 55.9 Å². The highest BCUT2D eigenvalue weighted by atomic mass is 19.1. The van der Waals surface area contributed by atoms with Crippen LogP contribution < -0.4 is 9.80 Å². The molecule has 4 nitrogen and oxygen atoms in total. The minimum absolute atomic E-state index is 0.302. The molecule has 0 radical (unpaired) electrons. The molecule has 0 unspecified atom stereocenters. The topological polar surface area (TPSA) is 16.3 Å². The summed E-state index contributed by atoms with van der Waals surface area (Å²) >= 11 is 0. The lowest BCUT2D eigenvalue weighted by Gasteiger charge is -2.25. The van der Waals surface area contributed by atoms with E-state index in [1.165, 1.54) is 12.1 Å². The normalized spacial score (nSPS) is 11.3. The zero-order chi connectivity index (χ0) is 43.0. The third-order valence-electron chi connectivity index (χ3n) is 11.8. The van der Waals surface area contributed by atoms with Gasteiger partial charge in [0.1, 0.15) is 11.6 Å². The standard InChI is InChI=1S/C58H40F2N4/c59-45-17-13-15-41(35-45)55-37-43-40-58-44(39-57(43)63(55)53-31-27-51(28-32-53)61(47-19-5-1-6-20-47)48-21-7-2-8-22-48)38-56(42-16-14-18-46(60)36-42)64(58)54-33-29-52(30-34-54)62(49-23-9-3-10-24-49)50-25-11-4-12-26-50/h1-40H. The summed E-state index contributed by atoms with van der Waals surface area (Å²) in [6.45, 7) is 0. The van der Waals surface area contributed by atoms with Crippen molar-refractivity contribution in [3.63, 3.8) is 0 Å². The number of fused-ring (bicyclic) bond motifs is 2. The molecular formula is C58H40F2N4. The van der Waals surface area contributed by atoms with Crippen LogP contribution in [0.25, 0.3) is 55.7 Å². The maximum atomic E-state index is 15.0. The predicted molar refractivity (Wildman–Crippen MR) is 260 cm³/mol. The molecule has 0 saturated heterocycles. The molecule has 0 bridgehead atoms. The molecule has 0 aliphatic rings. The molecule has 0 saturated carbocycles. The molecule has 6 heteroatoms. The van der Waals surface area contributed by atoms with Gasteiger partial charge in [0.05, 0.1) is 22.4 Å². The van der Waals surface area contributed by atoms with Gasteiger partial charge in [-0.1, -0.05) is 97.1 Å². The van der Waals surface area contributed by atoms with Crippen LogP contribution in [-0.4, -0.2) is 9.13 Å². The molecule has 0 aliphatic carbocycles. The highest BCUT2D eigenvalue weighted by Crippen LogP contribution is 2.41. The van der Waals surface area contributed by atoms with Gasteiger partial charge in [0, 0.05) is 67.4 Å². The average Bonchev–Trinajstić information content (AvgIpc) is 3.91. The molecule has 0 fully saturated rings. The van der Waals surface area contributed by atoms with Crippen LogP contribution in [0.3, 0.4) is 0 Å². The Bertz CT molecular complexity index is 3070. The van der Waals surface area contributed by atoms with Gasteiger partial charge in [0.25, 0.3) is 0 Å². The Morgan fingerprint density at radius 2 is 0.594 bits per heavy atom. The van der Waals surface area contributed by atoms with Crippen LogP contribution in [-0.2, 0) is 0 Å². The molecule has 0 aliphatic heterocycles. The number of nitrogens with zero attached hydrogens (tertiary/aromatic N) is 4. The number of para-hydroxylation sites is 4. The van der Waals surface area contributed by atoms with Crippen molar-refractivity contribution in [1.82, 2.24) is 9.13 Å². The van der Waals surface area contributed by atoms with Crippen LogP contribution >= 0.6 is 0 Å². The monoisotopic (exact) mass is 830 g/mol. The molecule has 11 rings (SSSR count). The first kappa shape index (κ1) is 38.4. The second-order valence-electron chi connectivity index (χ2n) is 15.8. The van der Waals surface area contributed by atoms with E-state index in [9.17, 15) is 8.78 Å². The first-order valence-corrected chi connectivity index (χ1v) is 21.3. The lowest BCUT2D eigenvalue weighted by Crippen LogP contribution is -2.09. The molecule has 11 aromatic rings. The number of benzene rings is 9. The van der Waals surface area contributed by atoms with E-state index >= 15 is 0 Å². The van der Waals surface area contributed by atoms with E-state index in [-0.39, 0.29) is 11.6 Å². The van der Waals surface area contributed by atoms with E-state index in [0.29, 0.717) is 0 Å². The van der Waals surface area contributed by atoms with Crippen molar-refractivity contribution < 1.29 is 8.78 Å². The SMILES string of the molecule is Fc1cccc(-c2cc3cc4c(cc(-c5cccc(F)c5)n4-c4ccc(N(c5ccccc5)c5ccccc5)cc4)cc3n2-c2ccc(N(c3ccccc3)c3ccccc3)cc2)c1. The summed E-state index contributed by atoms with van der Waals surface area (Å²) in [6, 6.07) is 80.6. The van der Waals surface area contributed by atoms with Gasteiger partial charge >= 0.3 is 0 Å². The number of halogens is 2. The van der Waals surface area contributed by atoms with E-state index in [1.807, 2.05) is 84.9 Å². The Labute approximate surface area is 370 Å². The number of rotatable bonds is 10. The van der Waals surface area contributed by atoms with Crippen LogP contribution in [0.4, 0.5) is 42.9 Å². The lowest BCUT2D eigenvalue weighted by atomic mass is 10.1. The Kier molecular flexibility index (Phi) is 9.86. The first-order valence-electron chi connectivity index (χ1n) is 21.3. The average molecular weight is 831 g/mol. The van der Waals surface area contributed by atoms with Crippen LogP contribution in [0.15, 0.2) is 243 Å². The van der Waals surface area contributed by atoms with E-state index in [4.69, 9.17) is 0 Å². The van der Waals surface area contributed by atoms with Gasteiger partial charge in [-0.3, -0.25) is 0 Å². The molecule has 0 amide bonds. The summed E-state index contributed by atoms with van der Waals surface area (Å²) in [7, 11) is 0. The van der Waals surface area contributed by atoms with Gasteiger partial charge in [-0.25, -0.2) is 8.78 Å². The smallest absolute Gasteiger partial charge is 0.123 e. The molecule has 0 atom stereocenters. The number of hydrogen-bond acceptors (Lipinski definition) is 2. The third kappa shape index (κ3) is 7.17. The fraction of sp³-hybridized carbons (Fsp3) is 0. The summed E-state index contributed by atoms with van der Waals surface area (Å²) in [5.74, 6) is -0.604. The number of anilines is 6. The Balaban J connectivity index is 1.08. The summed E-state index contributed by atoms with van der Waals surface area (Å²) < 4.78 is 34.4. The molecule has 64 heavy (non-hydrogen) atoms. The Hall–Kier alpha value is -8.48. The molecule has 2 heterocycles. The minimum atomic E-state index is -0.302. The maximum absolute atomic E-state index is 15.0. The zero-order valence-electron chi connectivity index (χ0n) is 34.6.